The van der Waals surface area contributed by atoms with E-state index in [1.807, 2.05) is 7.05 Å². The van der Waals surface area contributed by atoms with Gasteiger partial charge in [0.15, 0.2) is 0 Å². The number of rotatable bonds is 1. The predicted octanol–water partition coefficient (Wildman–Crippen LogP) is 3.77. The lowest BCUT2D eigenvalue weighted by Gasteiger charge is -2.42. The highest BCUT2D eigenvalue weighted by molar-refractivity contribution is 5.97. The van der Waals surface area contributed by atoms with Crippen molar-refractivity contribution in [3.63, 3.8) is 0 Å². The van der Waals surface area contributed by atoms with E-state index in [0.29, 0.717) is 49.4 Å². The van der Waals surface area contributed by atoms with Crippen LogP contribution in [0.4, 0.5) is 0 Å². The standard InChI is InChI=1S/C28H39N3O5/c1-30-18-25-24(34-3)10-8-21(36-25)11-14-35-23-9-7-20(17-29)15-22(23)27(33)31(2)19-28(16-26(30)32)12-5-4-6-13-28/h7,9,15,21,24-25H,4-6,8,10-14,16,18-19H2,1-3H3/t21-,24-,25+/m0/s1. The monoisotopic (exact) mass is 497 g/mol. The Balaban J connectivity index is 1.66. The molecule has 8 nitrogen and oxygen atoms in total. The van der Waals surface area contributed by atoms with Gasteiger partial charge in [-0.2, -0.15) is 5.26 Å². The van der Waals surface area contributed by atoms with Gasteiger partial charge in [0.25, 0.3) is 5.91 Å². The van der Waals surface area contributed by atoms with Crippen LogP contribution in [0.25, 0.3) is 0 Å². The van der Waals surface area contributed by atoms with Crippen LogP contribution in [0.2, 0.25) is 0 Å². The van der Waals surface area contributed by atoms with E-state index in [1.54, 1.807) is 42.2 Å². The molecular formula is C28H39N3O5. The Bertz CT molecular complexity index is 984. The van der Waals surface area contributed by atoms with Gasteiger partial charge in [-0.05, 0) is 49.3 Å². The molecule has 1 spiro atoms. The molecule has 36 heavy (non-hydrogen) atoms. The van der Waals surface area contributed by atoms with Crippen LogP contribution >= 0.6 is 0 Å². The van der Waals surface area contributed by atoms with Crippen LogP contribution in [0.15, 0.2) is 18.2 Å². The third-order valence-corrected chi connectivity index (χ3v) is 8.13. The smallest absolute Gasteiger partial charge is 0.257 e. The van der Waals surface area contributed by atoms with E-state index in [1.165, 1.54) is 0 Å². The van der Waals surface area contributed by atoms with E-state index in [9.17, 15) is 14.9 Å². The number of carbonyl (C=O) groups excluding carboxylic acids is 2. The van der Waals surface area contributed by atoms with E-state index < -0.39 is 0 Å². The molecule has 1 aromatic rings. The van der Waals surface area contributed by atoms with Crippen molar-refractivity contribution in [2.45, 2.75) is 76.1 Å². The lowest BCUT2D eigenvalue weighted by atomic mass is 9.71. The number of amides is 2. The fraction of sp³-hybridized carbons (Fsp3) is 0.679. The van der Waals surface area contributed by atoms with Gasteiger partial charge in [-0.1, -0.05) is 19.3 Å². The predicted molar refractivity (Wildman–Crippen MR) is 135 cm³/mol. The molecule has 0 radical (unpaired) electrons. The fourth-order valence-corrected chi connectivity index (χ4v) is 6.07. The number of hydrogen-bond donors (Lipinski definition) is 0. The summed E-state index contributed by atoms with van der Waals surface area (Å²) in [7, 11) is 5.34. The Morgan fingerprint density at radius 2 is 1.86 bits per heavy atom. The molecule has 1 aromatic carbocycles. The summed E-state index contributed by atoms with van der Waals surface area (Å²) in [6, 6.07) is 7.13. The van der Waals surface area contributed by atoms with Gasteiger partial charge in [-0.15, -0.1) is 0 Å². The molecule has 0 aromatic heterocycles. The summed E-state index contributed by atoms with van der Waals surface area (Å²) in [6.07, 6.45) is 7.61. The molecule has 0 N–H and O–H groups in total. The number of nitrogens with zero attached hydrogens (tertiary/aromatic N) is 3. The van der Waals surface area contributed by atoms with Gasteiger partial charge in [0, 0.05) is 47.1 Å². The molecule has 2 amide bonds. The highest BCUT2D eigenvalue weighted by Crippen LogP contribution is 2.41. The van der Waals surface area contributed by atoms with Crippen molar-refractivity contribution in [3.8, 4) is 11.8 Å². The van der Waals surface area contributed by atoms with Crippen LogP contribution in [0.5, 0.6) is 5.75 Å². The molecule has 1 saturated carbocycles. The molecule has 2 aliphatic heterocycles. The highest BCUT2D eigenvalue weighted by Gasteiger charge is 2.39. The molecule has 3 aliphatic rings. The average molecular weight is 498 g/mol. The number of hydrogen-bond acceptors (Lipinski definition) is 6. The average Bonchev–Trinajstić information content (AvgIpc) is 2.88. The molecule has 2 fully saturated rings. The molecule has 2 bridgehead atoms. The Hall–Kier alpha value is -2.63. The minimum absolute atomic E-state index is 0.0114. The highest BCUT2D eigenvalue weighted by atomic mass is 16.5. The summed E-state index contributed by atoms with van der Waals surface area (Å²) in [6.45, 7) is 1.37. The molecule has 4 rings (SSSR count). The van der Waals surface area contributed by atoms with Gasteiger partial charge in [-0.3, -0.25) is 9.59 Å². The first-order chi connectivity index (χ1) is 17.3. The van der Waals surface area contributed by atoms with Gasteiger partial charge in [0.05, 0.1) is 36.0 Å². The van der Waals surface area contributed by atoms with Crippen molar-refractivity contribution in [3.05, 3.63) is 29.3 Å². The first-order valence-corrected chi connectivity index (χ1v) is 13.2. The van der Waals surface area contributed by atoms with Crippen LogP contribution in [0.3, 0.4) is 0 Å². The first-order valence-electron chi connectivity index (χ1n) is 13.2. The van der Waals surface area contributed by atoms with Gasteiger partial charge in [0.2, 0.25) is 5.91 Å². The van der Waals surface area contributed by atoms with Crippen LogP contribution in [-0.2, 0) is 14.3 Å². The molecule has 2 heterocycles. The summed E-state index contributed by atoms with van der Waals surface area (Å²) >= 11 is 0. The van der Waals surface area contributed by atoms with Crippen LogP contribution < -0.4 is 4.74 Å². The second-order valence-corrected chi connectivity index (χ2v) is 10.8. The van der Waals surface area contributed by atoms with Gasteiger partial charge in [0.1, 0.15) is 11.9 Å². The minimum atomic E-state index is -0.268. The van der Waals surface area contributed by atoms with E-state index in [0.717, 1.165) is 44.9 Å². The summed E-state index contributed by atoms with van der Waals surface area (Å²) in [5.74, 6) is 0.381. The van der Waals surface area contributed by atoms with Crippen molar-refractivity contribution >= 4 is 11.8 Å². The fourth-order valence-electron chi connectivity index (χ4n) is 6.07. The molecule has 3 atom stereocenters. The van der Waals surface area contributed by atoms with Gasteiger partial charge < -0.3 is 24.0 Å². The number of nitriles is 1. The third-order valence-electron chi connectivity index (χ3n) is 8.13. The van der Waals surface area contributed by atoms with Crippen LogP contribution in [-0.4, -0.2) is 80.8 Å². The number of fused-ring (bicyclic) bond motifs is 3. The molecule has 1 saturated heterocycles. The van der Waals surface area contributed by atoms with Crippen molar-refractivity contribution in [1.29, 1.82) is 5.26 Å². The van der Waals surface area contributed by atoms with Gasteiger partial charge >= 0.3 is 0 Å². The first kappa shape index (κ1) is 26.4. The van der Waals surface area contributed by atoms with Crippen molar-refractivity contribution in [2.24, 2.45) is 5.41 Å². The normalized spacial score (nSPS) is 27.8. The second-order valence-electron chi connectivity index (χ2n) is 10.8. The summed E-state index contributed by atoms with van der Waals surface area (Å²) < 4.78 is 18.2. The minimum Gasteiger partial charge on any atom is -0.493 e. The lowest BCUT2D eigenvalue weighted by molar-refractivity contribution is -0.152. The van der Waals surface area contributed by atoms with Gasteiger partial charge in [-0.25, -0.2) is 0 Å². The largest absolute Gasteiger partial charge is 0.493 e. The number of likely N-dealkylation sites (N-methyl/N-ethyl adjacent to an activating group) is 1. The van der Waals surface area contributed by atoms with E-state index >= 15 is 0 Å². The summed E-state index contributed by atoms with van der Waals surface area (Å²) in [5.41, 5.74) is 0.539. The Morgan fingerprint density at radius 3 is 2.58 bits per heavy atom. The van der Waals surface area contributed by atoms with E-state index in [2.05, 4.69) is 6.07 Å². The third kappa shape index (κ3) is 6.01. The van der Waals surface area contributed by atoms with Crippen LogP contribution in [0, 0.1) is 16.7 Å². The van der Waals surface area contributed by atoms with Crippen LogP contribution in [0.1, 0.15) is 73.7 Å². The maximum Gasteiger partial charge on any atom is 0.257 e. The summed E-state index contributed by atoms with van der Waals surface area (Å²) in [4.78, 5) is 30.6. The molecule has 8 heteroatoms. The van der Waals surface area contributed by atoms with Crippen molar-refractivity contribution in [1.82, 2.24) is 9.80 Å². The maximum atomic E-state index is 13.6. The molecule has 1 aliphatic carbocycles. The number of methoxy groups -OCH3 is 1. The Labute approximate surface area is 214 Å². The lowest BCUT2D eigenvalue weighted by Crippen LogP contribution is -2.49. The van der Waals surface area contributed by atoms with Crippen molar-refractivity contribution < 1.29 is 23.8 Å². The van der Waals surface area contributed by atoms with Crippen molar-refractivity contribution in [2.75, 3.05) is 40.9 Å². The Morgan fingerprint density at radius 1 is 1.08 bits per heavy atom. The zero-order valence-electron chi connectivity index (χ0n) is 21.8. The zero-order chi connectivity index (χ0) is 25.7. The van der Waals surface area contributed by atoms with E-state index in [4.69, 9.17) is 14.2 Å². The number of ether oxygens (including phenoxy) is 3. The topological polar surface area (TPSA) is 92.1 Å². The Kier molecular flexibility index (Phi) is 8.53. The van der Waals surface area contributed by atoms with E-state index in [-0.39, 0.29) is 35.5 Å². The molecule has 0 unspecified atom stereocenters. The summed E-state index contributed by atoms with van der Waals surface area (Å²) in [5, 5.41) is 9.43. The number of benzene rings is 1. The molecular weight excluding hydrogens is 458 g/mol. The molecule has 196 valence electrons. The SMILES string of the molecule is CO[C@H]1CC[C@H]2CCOc3ccc(C#N)cc3C(=O)N(C)CC3(CCCCC3)CC(=O)N(C)C[C@H]1O2. The zero-order valence-corrected chi connectivity index (χ0v) is 21.8. The second kappa shape index (κ2) is 11.6. The number of carbonyl (C=O) groups is 2. The maximum absolute atomic E-state index is 13.6. The quantitative estimate of drug-likeness (QED) is 0.587.